The van der Waals surface area contributed by atoms with Gasteiger partial charge in [-0.25, -0.2) is 13.2 Å². The summed E-state index contributed by atoms with van der Waals surface area (Å²) in [5.41, 5.74) is 0.152. The van der Waals surface area contributed by atoms with Crippen molar-refractivity contribution in [1.82, 2.24) is 0 Å². The van der Waals surface area contributed by atoms with Gasteiger partial charge in [0.1, 0.15) is 5.69 Å². The van der Waals surface area contributed by atoms with Crippen LogP contribution in [0.1, 0.15) is 22.8 Å². The first kappa shape index (κ1) is 21.0. The lowest BCUT2D eigenvalue weighted by Gasteiger charge is -2.15. The molecule has 0 aliphatic heterocycles. The molecule has 0 radical (unpaired) electrons. The van der Waals surface area contributed by atoms with Gasteiger partial charge in [-0.3, -0.25) is 14.9 Å². The maximum atomic E-state index is 12.4. The van der Waals surface area contributed by atoms with Crippen LogP contribution in [0.4, 0.5) is 11.4 Å². The molecule has 0 aliphatic carbocycles. The maximum Gasteiger partial charge on any atom is 0.339 e. The Bertz CT molecular complexity index is 1050. The van der Waals surface area contributed by atoms with Gasteiger partial charge in [0.15, 0.2) is 15.9 Å². The highest BCUT2D eigenvalue weighted by molar-refractivity contribution is 7.90. The van der Waals surface area contributed by atoms with Crippen molar-refractivity contribution in [3.05, 3.63) is 63.7 Å². The number of amides is 1. The molecule has 2 aromatic rings. The first-order chi connectivity index (χ1) is 13.0. The zero-order valence-corrected chi connectivity index (χ0v) is 16.1. The highest BCUT2D eigenvalue weighted by atomic mass is 32.2. The summed E-state index contributed by atoms with van der Waals surface area (Å²) in [7, 11) is -3.52. The van der Waals surface area contributed by atoms with Gasteiger partial charge in [-0.15, -0.1) is 0 Å². The maximum absolute atomic E-state index is 12.4. The van der Waals surface area contributed by atoms with Crippen LogP contribution in [0.15, 0.2) is 47.4 Å². The lowest BCUT2D eigenvalue weighted by molar-refractivity contribution is -0.383. The number of nitro groups is 1. The van der Waals surface area contributed by atoms with Crippen molar-refractivity contribution in [3.63, 3.8) is 0 Å². The lowest BCUT2D eigenvalue weighted by Crippen LogP contribution is -2.30. The molecular weight excluding hydrogens is 388 g/mol. The molecule has 2 aromatic carbocycles. The average Bonchev–Trinajstić information content (AvgIpc) is 2.61. The van der Waals surface area contributed by atoms with E-state index in [2.05, 4.69) is 5.32 Å². The van der Waals surface area contributed by atoms with E-state index < -0.39 is 32.7 Å². The van der Waals surface area contributed by atoms with Crippen LogP contribution in [0.2, 0.25) is 0 Å². The summed E-state index contributed by atoms with van der Waals surface area (Å²) in [6, 6.07) is 9.56. The van der Waals surface area contributed by atoms with Gasteiger partial charge in [-0.05, 0) is 37.6 Å². The van der Waals surface area contributed by atoms with E-state index in [9.17, 15) is 28.1 Å². The van der Waals surface area contributed by atoms with E-state index in [0.717, 1.165) is 6.26 Å². The molecule has 9 nitrogen and oxygen atoms in total. The first-order valence-corrected chi connectivity index (χ1v) is 9.96. The van der Waals surface area contributed by atoms with E-state index >= 15 is 0 Å². The predicted molar refractivity (Wildman–Crippen MR) is 101 cm³/mol. The molecule has 28 heavy (non-hydrogen) atoms. The number of nitrogens with one attached hydrogen (secondary N) is 1. The summed E-state index contributed by atoms with van der Waals surface area (Å²) in [4.78, 5) is 34.9. The normalized spacial score (nSPS) is 12.1. The quantitative estimate of drug-likeness (QED) is 0.443. The Morgan fingerprint density at radius 1 is 1.18 bits per heavy atom. The predicted octanol–water partition coefficient (Wildman–Crippen LogP) is 2.49. The third-order valence-corrected chi connectivity index (χ3v) is 4.98. The third-order valence-electron chi connectivity index (χ3n) is 3.87. The topological polar surface area (TPSA) is 133 Å². The summed E-state index contributed by atoms with van der Waals surface area (Å²) in [6.45, 7) is 2.90. The summed E-state index contributed by atoms with van der Waals surface area (Å²) in [5, 5.41) is 13.4. The number of carbonyl (C=O) groups excluding carboxylic acids is 2. The Labute approximate surface area is 161 Å². The first-order valence-electron chi connectivity index (χ1n) is 8.06. The molecule has 1 amide bonds. The fourth-order valence-corrected chi connectivity index (χ4v) is 2.95. The minimum Gasteiger partial charge on any atom is -0.449 e. The molecule has 0 aliphatic rings. The van der Waals surface area contributed by atoms with Gasteiger partial charge in [0.05, 0.1) is 15.4 Å². The van der Waals surface area contributed by atoms with Gasteiger partial charge in [-0.2, -0.15) is 0 Å². The molecular formula is C18H18N2O7S. The lowest BCUT2D eigenvalue weighted by atomic mass is 10.1. The van der Waals surface area contributed by atoms with Gasteiger partial charge in [0.2, 0.25) is 0 Å². The van der Waals surface area contributed by atoms with Crippen LogP contribution in [0.25, 0.3) is 0 Å². The Morgan fingerprint density at radius 3 is 2.43 bits per heavy atom. The van der Waals surface area contributed by atoms with Gasteiger partial charge < -0.3 is 10.1 Å². The number of para-hydroxylation sites is 2. The second-order valence-electron chi connectivity index (χ2n) is 6.06. The zero-order valence-electron chi connectivity index (χ0n) is 15.3. The number of nitrogens with zero attached hydrogens (tertiary/aromatic N) is 1. The van der Waals surface area contributed by atoms with E-state index in [1.807, 2.05) is 0 Å². The zero-order chi connectivity index (χ0) is 21.1. The van der Waals surface area contributed by atoms with E-state index in [1.54, 1.807) is 6.92 Å². The number of esters is 1. The van der Waals surface area contributed by atoms with Crippen molar-refractivity contribution in [2.24, 2.45) is 0 Å². The number of rotatable bonds is 6. The molecule has 10 heteroatoms. The highest BCUT2D eigenvalue weighted by Gasteiger charge is 2.23. The standard InChI is InChI=1S/C18H18N2O7S/c1-11-8-9-13(28(3,25)26)10-14(11)18(22)27-12(2)17(21)19-15-6-4-5-7-16(15)20(23)24/h4-10,12H,1-3H3,(H,19,21)/t12-/m0/s1. The summed E-state index contributed by atoms with van der Waals surface area (Å²) >= 11 is 0. The van der Waals surface area contributed by atoms with Crippen molar-refractivity contribution in [2.75, 3.05) is 11.6 Å². The van der Waals surface area contributed by atoms with Gasteiger partial charge in [0.25, 0.3) is 11.6 Å². The number of hydrogen-bond donors (Lipinski definition) is 1. The summed E-state index contributed by atoms with van der Waals surface area (Å²) in [5.74, 6) is -1.65. The highest BCUT2D eigenvalue weighted by Crippen LogP contribution is 2.23. The molecule has 0 heterocycles. The Kier molecular flexibility index (Phi) is 6.14. The van der Waals surface area contributed by atoms with Gasteiger partial charge in [-0.1, -0.05) is 18.2 Å². The van der Waals surface area contributed by atoms with Crippen LogP contribution in [0.3, 0.4) is 0 Å². The largest absolute Gasteiger partial charge is 0.449 e. The molecule has 0 saturated heterocycles. The Hall–Kier alpha value is -3.27. The molecule has 0 bridgehead atoms. The minimum absolute atomic E-state index is 0.00765. The van der Waals surface area contributed by atoms with Crippen LogP contribution in [0, 0.1) is 17.0 Å². The molecule has 0 spiro atoms. The molecule has 1 N–H and O–H groups in total. The second-order valence-corrected chi connectivity index (χ2v) is 8.08. The number of sulfone groups is 1. The molecule has 148 valence electrons. The molecule has 0 aromatic heterocycles. The Balaban J connectivity index is 2.17. The van der Waals surface area contributed by atoms with Crippen molar-refractivity contribution in [1.29, 1.82) is 0 Å². The van der Waals surface area contributed by atoms with Crippen LogP contribution < -0.4 is 5.32 Å². The van der Waals surface area contributed by atoms with Crippen molar-refractivity contribution in [2.45, 2.75) is 24.8 Å². The Morgan fingerprint density at radius 2 is 1.82 bits per heavy atom. The van der Waals surface area contributed by atoms with Crippen molar-refractivity contribution < 1.29 is 27.7 Å². The van der Waals surface area contributed by atoms with E-state index in [0.29, 0.717) is 5.56 Å². The van der Waals surface area contributed by atoms with Crippen molar-refractivity contribution >= 4 is 33.1 Å². The van der Waals surface area contributed by atoms with Gasteiger partial charge >= 0.3 is 5.97 Å². The molecule has 0 saturated carbocycles. The number of ether oxygens (including phenoxy) is 1. The molecule has 1 atom stereocenters. The number of carbonyl (C=O) groups is 2. The molecule has 2 rings (SSSR count). The summed E-state index contributed by atoms with van der Waals surface area (Å²) in [6.07, 6.45) is -0.260. The molecule has 0 unspecified atom stereocenters. The van der Waals surface area contributed by atoms with Crippen molar-refractivity contribution in [3.8, 4) is 0 Å². The number of benzene rings is 2. The van der Waals surface area contributed by atoms with E-state index in [-0.39, 0.29) is 21.8 Å². The van der Waals surface area contributed by atoms with E-state index in [4.69, 9.17) is 4.74 Å². The fraction of sp³-hybridized carbons (Fsp3) is 0.222. The van der Waals surface area contributed by atoms with Crippen LogP contribution in [-0.2, 0) is 19.4 Å². The number of aryl methyl sites for hydroxylation is 1. The molecule has 0 fully saturated rings. The monoisotopic (exact) mass is 406 g/mol. The second kappa shape index (κ2) is 8.17. The summed E-state index contributed by atoms with van der Waals surface area (Å²) < 4.78 is 28.4. The average molecular weight is 406 g/mol. The number of anilines is 1. The van der Waals surface area contributed by atoms with Crippen LogP contribution in [-0.4, -0.2) is 37.6 Å². The van der Waals surface area contributed by atoms with E-state index in [1.165, 1.54) is 49.4 Å². The number of hydrogen-bond acceptors (Lipinski definition) is 7. The minimum atomic E-state index is -3.52. The number of nitro benzene ring substituents is 1. The van der Waals surface area contributed by atoms with Gasteiger partial charge in [0, 0.05) is 12.3 Å². The van der Waals surface area contributed by atoms with Crippen LogP contribution >= 0.6 is 0 Å². The smallest absolute Gasteiger partial charge is 0.339 e. The fourth-order valence-electron chi connectivity index (χ4n) is 2.30. The van der Waals surface area contributed by atoms with Crippen LogP contribution in [0.5, 0.6) is 0 Å². The SMILES string of the molecule is Cc1ccc(S(C)(=O)=O)cc1C(=O)O[C@@H](C)C(=O)Nc1ccccc1[N+](=O)[O-]. The third kappa shape index (κ3) is 4.92.